The zero-order valence-electron chi connectivity index (χ0n) is 7.43. The molecule has 0 atom stereocenters. The molecule has 0 bridgehead atoms. The molecular weight excluding hydrogens is 186 g/mol. The molecule has 2 heterocycles. The summed E-state index contributed by atoms with van der Waals surface area (Å²) < 4.78 is 0. The number of hydrogen-bond acceptors (Lipinski definition) is 4. The van der Waals surface area contributed by atoms with E-state index in [9.17, 15) is 4.79 Å². The molecule has 0 aromatic carbocycles. The second-order valence-electron chi connectivity index (χ2n) is 3.10. The summed E-state index contributed by atoms with van der Waals surface area (Å²) in [6.07, 6.45) is 1.73. The van der Waals surface area contributed by atoms with Crippen molar-refractivity contribution in [1.29, 1.82) is 0 Å². The lowest BCUT2D eigenvalue weighted by Crippen LogP contribution is -2.48. The van der Waals surface area contributed by atoms with Crippen molar-refractivity contribution in [2.24, 2.45) is 0 Å². The van der Waals surface area contributed by atoms with Crippen LogP contribution >= 0.6 is 11.3 Å². The van der Waals surface area contributed by atoms with Crippen LogP contribution in [0.5, 0.6) is 0 Å². The maximum absolute atomic E-state index is 11.6. The minimum Gasteiger partial charge on any atom is -0.296 e. The Morgan fingerprint density at radius 2 is 2.38 bits per heavy atom. The molecule has 1 saturated heterocycles. The van der Waals surface area contributed by atoms with Crippen molar-refractivity contribution in [1.82, 2.24) is 9.88 Å². The van der Waals surface area contributed by atoms with Crippen LogP contribution in [0, 0.1) is 0 Å². The van der Waals surface area contributed by atoms with Crippen LogP contribution in [-0.4, -0.2) is 42.5 Å². The van der Waals surface area contributed by atoms with Crippen molar-refractivity contribution in [2.75, 3.05) is 31.6 Å². The summed E-state index contributed by atoms with van der Waals surface area (Å²) >= 11 is 1.51. The van der Waals surface area contributed by atoms with Gasteiger partial charge in [0.25, 0.3) is 0 Å². The van der Waals surface area contributed by atoms with Crippen molar-refractivity contribution in [3.8, 4) is 0 Å². The van der Waals surface area contributed by atoms with Crippen molar-refractivity contribution in [3.05, 3.63) is 11.6 Å². The normalized spacial score (nSPS) is 19.5. The van der Waals surface area contributed by atoms with Crippen LogP contribution in [0.15, 0.2) is 11.6 Å². The van der Waals surface area contributed by atoms with Gasteiger partial charge in [-0.1, -0.05) is 0 Å². The van der Waals surface area contributed by atoms with Crippen LogP contribution in [0.4, 0.5) is 5.13 Å². The van der Waals surface area contributed by atoms with Crippen LogP contribution in [0.1, 0.15) is 0 Å². The Morgan fingerprint density at radius 1 is 1.54 bits per heavy atom. The Balaban J connectivity index is 2.13. The fraction of sp³-hybridized carbons (Fsp3) is 0.500. The lowest BCUT2D eigenvalue weighted by molar-refractivity contribution is -0.120. The molecule has 1 aliphatic heterocycles. The lowest BCUT2D eigenvalue weighted by atomic mass is 10.3. The first kappa shape index (κ1) is 8.65. The zero-order valence-corrected chi connectivity index (χ0v) is 8.25. The predicted molar refractivity (Wildman–Crippen MR) is 52.0 cm³/mol. The van der Waals surface area contributed by atoms with Crippen LogP contribution in [0.25, 0.3) is 0 Å². The van der Waals surface area contributed by atoms with Crippen LogP contribution in [0.3, 0.4) is 0 Å². The molecule has 0 N–H and O–H groups in total. The van der Waals surface area contributed by atoms with Crippen molar-refractivity contribution in [3.63, 3.8) is 0 Å². The Labute approximate surface area is 80.8 Å². The monoisotopic (exact) mass is 197 g/mol. The Morgan fingerprint density at radius 3 is 3.00 bits per heavy atom. The molecule has 1 aromatic heterocycles. The highest BCUT2D eigenvalue weighted by atomic mass is 32.1. The highest BCUT2D eigenvalue weighted by Gasteiger charge is 2.23. The zero-order chi connectivity index (χ0) is 9.26. The molecule has 0 aliphatic carbocycles. The van der Waals surface area contributed by atoms with Gasteiger partial charge >= 0.3 is 0 Å². The third-order valence-electron chi connectivity index (χ3n) is 2.06. The first-order valence-electron chi connectivity index (χ1n) is 4.16. The number of aromatic nitrogens is 1. The molecule has 1 aliphatic rings. The minimum absolute atomic E-state index is 0.142. The highest BCUT2D eigenvalue weighted by Crippen LogP contribution is 2.18. The van der Waals surface area contributed by atoms with Gasteiger partial charge in [0.2, 0.25) is 5.91 Å². The van der Waals surface area contributed by atoms with Crippen molar-refractivity contribution < 1.29 is 4.79 Å². The number of carbonyl (C=O) groups excluding carboxylic acids is 1. The molecule has 0 radical (unpaired) electrons. The molecule has 0 saturated carbocycles. The molecule has 70 valence electrons. The van der Waals surface area contributed by atoms with Gasteiger partial charge in [-0.3, -0.25) is 14.6 Å². The van der Waals surface area contributed by atoms with E-state index in [1.165, 1.54) is 11.3 Å². The number of rotatable bonds is 1. The summed E-state index contributed by atoms with van der Waals surface area (Å²) in [4.78, 5) is 19.4. The van der Waals surface area contributed by atoms with Gasteiger partial charge in [0.1, 0.15) is 0 Å². The molecule has 1 amide bonds. The van der Waals surface area contributed by atoms with Crippen LogP contribution in [0.2, 0.25) is 0 Å². The van der Waals surface area contributed by atoms with Crippen LogP contribution < -0.4 is 4.90 Å². The van der Waals surface area contributed by atoms with Gasteiger partial charge in [0.05, 0.1) is 6.54 Å². The third-order valence-corrected chi connectivity index (χ3v) is 2.86. The van der Waals surface area contributed by atoms with E-state index in [-0.39, 0.29) is 5.91 Å². The maximum Gasteiger partial charge on any atom is 0.242 e. The number of anilines is 1. The smallest absolute Gasteiger partial charge is 0.242 e. The Bertz CT molecular complexity index is 298. The summed E-state index contributed by atoms with van der Waals surface area (Å²) in [5.41, 5.74) is 0. The van der Waals surface area contributed by atoms with Crippen LogP contribution in [-0.2, 0) is 4.79 Å². The van der Waals surface area contributed by atoms with Crippen molar-refractivity contribution >= 4 is 22.4 Å². The summed E-state index contributed by atoms with van der Waals surface area (Å²) in [7, 11) is 1.96. The molecule has 4 nitrogen and oxygen atoms in total. The van der Waals surface area contributed by atoms with Gasteiger partial charge in [-0.15, -0.1) is 11.3 Å². The first-order chi connectivity index (χ1) is 6.27. The minimum atomic E-state index is 0.142. The van der Waals surface area contributed by atoms with Gasteiger partial charge in [-0.05, 0) is 7.05 Å². The van der Waals surface area contributed by atoms with E-state index < -0.39 is 0 Å². The molecule has 5 heteroatoms. The average Bonchev–Trinajstić information content (AvgIpc) is 2.56. The predicted octanol–water partition coefficient (Wildman–Crippen LogP) is 0.421. The molecule has 13 heavy (non-hydrogen) atoms. The number of likely N-dealkylation sites (N-methyl/N-ethyl adjacent to an activating group) is 1. The number of piperazine rings is 1. The van der Waals surface area contributed by atoms with Gasteiger partial charge < -0.3 is 0 Å². The molecule has 0 spiro atoms. The van der Waals surface area contributed by atoms with E-state index in [1.54, 1.807) is 11.1 Å². The molecule has 2 rings (SSSR count). The summed E-state index contributed by atoms with van der Waals surface area (Å²) in [6, 6.07) is 0. The summed E-state index contributed by atoms with van der Waals surface area (Å²) in [5, 5.41) is 2.71. The fourth-order valence-corrected chi connectivity index (χ4v) is 2.03. The number of hydrogen-bond donors (Lipinski definition) is 0. The quantitative estimate of drug-likeness (QED) is 0.654. The summed E-state index contributed by atoms with van der Waals surface area (Å²) in [5.74, 6) is 0.142. The average molecular weight is 197 g/mol. The SMILES string of the molecule is CN1CCN(c2nccs2)C(=O)C1. The van der Waals surface area contributed by atoms with Gasteiger partial charge in [-0.2, -0.15) is 0 Å². The second kappa shape index (κ2) is 3.43. The number of thiazole rings is 1. The number of amides is 1. The maximum atomic E-state index is 11.6. The van der Waals surface area contributed by atoms with Crippen molar-refractivity contribution in [2.45, 2.75) is 0 Å². The van der Waals surface area contributed by atoms with E-state index in [4.69, 9.17) is 0 Å². The first-order valence-corrected chi connectivity index (χ1v) is 5.04. The highest BCUT2D eigenvalue weighted by molar-refractivity contribution is 7.13. The molecular formula is C8H11N3OS. The third kappa shape index (κ3) is 1.71. The Hall–Kier alpha value is -0.940. The van der Waals surface area contributed by atoms with E-state index in [0.717, 1.165) is 18.2 Å². The van der Waals surface area contributed by atoms with E-state index in [1.807, 2.05) is 17.3 Å². The standard InChI is InChI=1S/C8H11N3OS/c1-10-3-4-11(7(12)6-10)8-9-2-5-13-8/h2,5H,3-4,6H2,1H3. The Kier molecular flexibility index (Phi) is 2.28. The number of nitrogens with zero attached hydrogens (tertiary/aromatic N) is 3. The fourth-order valence-electron chi connectivity index (χ4n) is 1.34. The number of carbonyl (C=O) groups is 1. The topological polar surface area (TPSA) is 36.4 Å². The van der Waals surface area contributed by atoms with E-state index in [2.05, 4.69) is 4.98 Å². The largest absolute Gasteiger partial charge is 0.296 e. The lowest BCUT2D eigenvalue weighted by Gasteiger charge is -2.30. The van der Waals surface area contributed by atoms with E-state index >= 15 is 0 Å². The van der Waals surface area contributed by atoms with Gasteiger partial charge in [-0.25, -0.2) is 4.98 Å². The molecule has 1 aromatic rings. The second-order valence-corrected chi connectivity index (χ2v) is 3.97. The van der Waals surface area contributed by atoms with Gasteiger partial charge in [0, 0.05) is 24.7 Å². The molecule has 0 unspecified atom stereocenters. The van der Waals surface area contributed by atoms with Gasteiger partial charge in [0.15, 0.2) is 5.13 Å². The summed E-state index contributed by atoms with van der Waals surface area (Å²) in [6.45, 7) is 2.17. The van der Waals surface area contributed by atoms with E-state index in [0.29, 0.717) is 6.54 Å². The molecule has 1 fully saturated rings.